The van der Waals surface area contributed by atoms with Gasteiger partial charge in [0.25, 0.3) is 11.5 Å². The van der Waals surface area contributed by atoms with E-state index in [0.29, 0.717) is 43.4 Å². The van der Waals surface area contributed by atoms with E-state index in [2.05, 4.69) is 15.0 Å². The van der Waals surface area contributed by atoms with Crippen LogP contribution in [0, 0.1) is 12.7 Å². The topological polar surface area (TPSA) is 70.8 Å². The van der Waals surface area contributed by atoms with Crippen LogP contribution in [0.3, 0.4) is 0 Å². The van der Waals surface area contributed by atoms with E-state index in [-0.39, 0.29) is 17.0 Å². The molecular weight excluding hydrogens is 441 g/mol. The molecule has 168 valence electrons. The predicted molar refractivity (Wildman–Crippen MR) is 125 cm³/mol. The molecule has 7 nitrogen and oxygen atoms in total. The zero-order valence-electron chi connectivity index (χ0n) is 18.1. The molecule has 3 heterocycles. The fourth-order valence-corrected chi connectivity index (χ4v) is 4.90. The van der Waals surface area contributed by atoms with Crippen molar-refractivity contribution in [1.29, 1.82) is 0 Å². The molecule has 9 heteroatoms. The highest BCUT2D eigenvalue weighted by Crippen LogP contribution is 2.25. The maximum atomic E-state index is 14.0. The monoisotopic (exact) mass is 463 g/mol. The summed E-state index contributed by atoms with van der Waals surface area (Å²) >= 11 is 1.39. The molecule has 0 saturated carbocycles. The van der Waals surface area contributed by atoms with Gasteiger partial charge in [0.2, 0.25) is 4.96 Å². The molecule has 1 aliphatic rings. The number of carbonyl (C=O) groups is 1. The van der Waals surface area contributed by atoms with Gasteiger partial charge in [-0.3, -0.25) is 14.5 Å². The number of fused-ring (bicyclic) bond motifs is 1. The Labute approximate surface area is 193 Å². The molecule has 0 radical (unpaired) electrons. The van der Waals surface area contributed by atoms with Crippen LogP contribution in [0.5, 0.6) is 0 Å². The van der Waals surface area contributed by atoms with Crippen LogP contribution >= 0.6 is 11.3 Å². The largest absolute Gasteiger partial charge is 0.336 e. The van der Waals surface area contributed by atoms with Gasteiger partial charge in [0.1, 0.15) is 10.8 Å². The number of piperazine rings is 1. The number of aryl methyl sites for hydroxylation is 1. The van der Waals surface area contributed by atoms with Crippen LogP contribution in [0.2, 0.25) is 0 Å². The first-order valence-corrected chi connectivity index (χ1v) is 11.5. The van der Waals surface area contributed by atoms with Gasteiger partial charge in [0.05, 0.1) is 11.3 Å². The van der Waals surface area contributed by atoms with Gasteiger partial charge in [-0.25, -0.2) is 9.37 Å². The van der Waals surface area contributed by atoms with Crippen molar-refractivity contribution in [2.75, 3.05) is 26.2 Å². The first-order valence-electron chi connectivity index (χ1n) is 10.7. The molecule has 1 aliphatic heterocycles. The summed E-state index contributed by atoms with van der Waals surface area (Å²) in [6.45, 7) is 4.75. The van der Waals surface area contributed by atoms with Crippen LogP contribution in [0.25, 0.3) is 15.5 Å². The van der Waals surface area contributed by atoms with Gasteiger partial charge < -0.3 is 4.90 Å². The number of amides is 1. The lowest BCUT2D eigenvalue weighted by molar-refractivity contribution is 0.0622. The van der Waals surface area contributed by atoms with Crippen LogP contribution in [0.15, 0.2) is 59.4 Å². The van der Waals surface area contributed by atoms with Crippen molar-refractivity contribution in [3.05, 3.63) is 87.6 Å². The summed E-state index contributed by atoms with van der Waals surface area (Å²) < 4.78 is 15.3. The van der Waals surface area contributed by atoms with Crippen LogP contribution in [0.1, 0.15) is 21.6 Å². The standard InChI is InChI=1S/C24H22FN5O2S/c1-16-5-4-6-17(13-16)22-27-30-21(31)14-18(26-24(30)33-22)15-28-9-11-29(12-10-28)23(32)19-7-2-3-8-20(19)25/h2-8,13-14H,9-12,15H2,1H3. The third-order valence-corrected chi connectivity index (χ3v) is 6.67. The Morgan fingerprint density at radius 1 is 1.06 bits per heavy atom. The van der Waals surface area contributed by atoms with Crippen molar-refractivity contribution in [2.45, 2.75) is 13.5 Å². The second kappa shape index (κ2) is 8.84. The van der Waals surface area contributed by atoms with Crippen LogP contribution in [-0.2, 0) is 6.54 Å². The summed E-state index contributed by atoms with van der Waals surface area (Å²) in [4.78, 5) is 34.3. The first kappa shape index (κ1) is 21.4. The highest BCUT2D eigenvalue weighted by Gasteiger charge is 2.24. The van der Waals surface area contributed by atoms with Crippen LogP contribution < -0.4 is 5.56 Å². The number of hydrogen-bond donors (Lipinski definition) is 0. The quantitative estimate of drug-likeness (QED) is 0.465. The highest BCUT2D eigenvalue weighted by atomic mass is 32.1. The van der Waals surface area contributed by atoms with E-state index < -0.39 is 5.82 Å². The van der Waals surface area contributed by atoms with Crippen molar-refractivity contribution in [3.8, 4) is 10.6 Å². The number of benzene rings is 2. The molecule has 2 aromatic carbocycles. The third kappa shape index (κ3) is 4.42. The molecule has 4 aromatic rings. The fourth-order valence-electron chi connectivity index (χ4n) is 3.98. The van der Waals surface area contributed by atoms with Crippen molar-refractivity contribution in [2.24, 2.45) is 0 Å². The summed E-state index contributed by atoms with van der Waals surface area (Å²) in [5.41, 5.74) is 2.65. The van der Waals surface area contributed by atoms with Gasteiger partial charge in [-0.1, -0.05) is 47.2 Å². The molecular formula is C24H22FN5O2S. The molecule has 1 saturated heterocycles. The van der Waals surface area contributed by atoms with E-state index in [1.165, 1.54) is 34.1 Å². The minimum absolute atomic E-state index is 0.0979. The molecule has 0 unspecified atom stereocenters. The number of hydrogen-bond acceptors (Lipinski definition) is 6. The lowest BCUT2D eigenvalue weighted by Gasteiger charge is -2.34. The van der Waals surface area contributed by atoms with Gasteiger partial charge >= 0.3 is 0 Å². The zero-order valence-corrected chi connectivity index (χ0v) is 18.9. The minimum atomic E-state index is -0.502. The maximum absolute atomic E-state index is 14.0. The SMILES string of the molecule is Cc1cccc(-c2nn3c(=O)cc(CN4CCN(C(=O)c5ccccc5F)CC4)nc3s2)c1. The van der Waals surface area contributed by atoms with Gasteiger partial charge in [0, 0.05) is 44.4 Å². The van der Waals surface area contributed by atoms with E-state index in [1.54, 1.807) is 17.0 Å². The maximum Gasteiger partial charge on any atom is 0.275 e. The Hall–Kier alpha value is -3.43. The Morgan fingerprint density at radius 3 is 2.61 bits per heavy atom. The van der Waals surface area contributed by atoms with Crippen LogP contribution in [0.4, 0.5) is 4.39 Å². The van der Waals surface area contributed by atoms with Gasteiger partial charge in [-0.2, -0.15) is 9.61 Å². The van der Waals surface area contributed by atoms with Crippen molar-refractivity contribution < 1.29 is 9.18 Å². The fraction of sp³-hybridized carbons (Fsp3) is 0.250. The van der Waals surface area contributed by atoms with Gasteiger partial charge in [0.15, 0.2) is 0 Å². The summed E-state index contributed by atoms with van der Waals surface area (Å²) in [7, 11) is 0. The van der Waals surface area contributed by atoms with E-state index >= 15 is 0 Å². The Bertz CT molecular complexity index is 1390. The molecule has 1 fully saturated rings. The molecule has 1 amide bonds. The molecule has 33 heavy (non-hydrogen) atoms. The average Bonchev–Trinajstić information content (AvgIpc) is 3.24. The van der Waals surface area contributed by atoms with E-state index in [0.717, 1.165) is 16.1 Å². The lowest BCUT2D eigenvalue weighted by atomic mass is 10.1. The Morgan fingerprint density at radius 2 is 1.85 bits per heavy atom. The second-order valence-electron chi connectivity index (χ2n) is 8.10. The average molecular weight is 464 g/mol. The highest BCUT2D eigenvalue weighted by molar-refractivity contribution is 7.19. The van der Waals surface area contributed by atoms with Crippen molar-refractivity contribution >= 4 is 22.2 Å². The van der Waals surface area contributed by atoms with Crippen molar-refractivity contribution in [1.82, 2.24) is 24.4 Å². The number of rotatable bonds is 4. The number of nitrogens with zero attached hydrogens (tertiary/aromatic N) is 5. The Balaban J connectivity index is 1.29. The molecule has 0 bridgehead atoms. The second-order valence-corrected chi connectivity index (χ2v) is 9.06. The van der Waals surface area contributed by atoms with Gasteiger partial charge in [-0.15, -0.1) is 0 Å². The zero-order chi connectivity index (χ0) is 22.9. The molecule has 0 aliphatic carbocycles. The summed E-state index contributed by atoms with van der Waals surface area (Å²) in [5.74, 6) is -0.795. The molecule has 0 atom stereocenters. The summed E-state index contributed by atoms with van der Waals surface area (Å²) in [6.07, 6.45) is 0. The predicted octanol–water partition coefficient (Wildman–Crippen LogP) is 3.22. The molecule has 5 rings (SSSR count). The van der Waals surface area contributed by atoms with E-state index in [9.17, 15) is 14.0 Å². The smallest absolute Gasteiger partial charge is 0.275 e. The number of halogens is 1. The van der Waals surface area contributed by atoms with Crippen molar-refractivity contribution in [3.63, 3.8) is 0 Å². The Kier molecular flexibility index (Phi) is 5.74. The summed E-state index contributed by atoms with van der Waals surface area (Å²) in [5, 5.41) is 5.20. The molecule has 0 N–H and O–H groups in total. The van der Waals surface area contributed by atoms with Crippen LogP contribution in [-0.4, -0.2) is 56.5 Å². The normalized spacial score (nSPS) is 14.7. The van der Waals surface area contributed by atoms with E-state index in [4.69, 9.17) is 0 Å². The first-order chi connectivity index (χ1) is 16.0. The molecule has 0 spiro atoms. The number of aromatic nitrogens is 3. The van der Waals surface area contributed by atoms with E-state index in [1.807, 2.05) is 31.2 Å². The lowest BCUT2D eigenvalue weighted by Crippen LogP contribution is -2.48. The minimum Gasteiger partial charge on any atom is -0.336 e. The third-order valence-electron chi connectivity index (χ3n) is 5.71. The summed E-state index contributed by atoms with van der Waals surface area (Å²) in [6, 6.07) is 15.6. The molecule has 2 aromatic heterocycles. The van der Waals surface area contributed by atoms with Gasteiger partial charge in [-0.05, 0) is 25.1 Å². The number of carbonyl (C=O) groups excluding carboxylic acids is 1.